The van der Waals surface area contributed by atoms with Gasteiger partial charge in [-0.25, -0.2) is 4.79 Å². The molecule has 1 fully saturated rings. The van der Waals surface area contributed by atoms with Gasteiger partial charge < -0.3 is 15.0 Å². The molecular formula is C9H17N3O3. The van der Waals surface area contributed by atoms with Gasteiger partial charge in [-0.15, -0.1) is 0 Å². The van der Waals surface area contributed by atoms with Gasteiger partial charge >= 0.3 is 6.03 Å². The van der Waals surface area contributed by atoms with E-state index < -0.39 is 0 Å². The molecule has 0 aromatic carbocycles. The van der Waals surface area contributed by atoms with E-state index in [1.54, 1.807) is 0 Å². The molecule has 3 amide bonds. The molecule has 1 rings (SSSR count). The van der Waals surface area contributed by atoms with Crippen LogP contribution in [0.15, 0.2) is 0 Å². The van der Waals surface area contributed by atoms with Crippen LogP contribution in [0.25, 0.3) is 0 Å². The zero-order chi connectivity index (χ0) is 11.3. The van der Waals surface area contributed by atoms with E-state index in [-0.39, 0.29) is 18.5 Å². The van der Waals surface area contributed by atoms with Crippen molar-refractivity contribution in [2.75, 3.05) is 46.9 Å². The molecule has 0 unspecified atom stereocenters. The van der Waals surface area contributed by atoms with Crippen LogP contribution in [0.4, 0.5) is 4.79 Å². The maximum absolute atomic E-state index is 11.1. The van der Waals surface area contributed by atoms with Gasteiger partial charge in [0.2, 0.25) is 5.91 Å². The van der Waals surface area contributed by atoms with Crippen LogP contribution in [0.5, 0.6) is 0 Å². The molecule has 0 aliphatic carbocycles. The summed E-state index contributed by atoms with van der Waals surface area (Å²) in [4.78, 5) is 25.4. The molecule has 0 spiro atoms. The van der Waals surface area contributed by atoms with Gasteiger partial charge in [0.25, 0.3) is 0 Å². The highest BCUT2D eigenvalue weighted by atomic mass is 16.5. The van der Waals surface area contributed by atoms with Crippen molar-refractivity contribution in [3.05, 3.63) is 0 Å². The summed E-state index contributed by atoms with van der Waals surface area (Å²) in [5.41, 5.74) is 0. The van der Waals surface area contributed by atoms with Gasteiger partial charge in [-0.05, 0) is 14.1 Å². The molecular weight excluding hydrogens is 198 g/mol. The number of ether oxygens (including phenoxy) is 1. The van der Waals surface area contributed by atoms with E-state index in [0.717, 1.165) is 6.54 Å². The minimum absolute atomic E-state index is 0.108. The first-order valence-electron chi connectivity index (χ1n) is 4.92. The molecule has 0 aromatic rings. The number of nitrogens with zero attached hydrogens (tertiary/aromatic N) is 2. The van der Waals surface area contributed by atoms with Crippen molar-refractivity contribution in [3.8, 4) is 0 Å². The summed E-state index contributed by atoms with van der Waals surface area (Å²) in [6.07, 6.45) is 0. The van der Waals surface area contributed by atoms with Crippen LogP contribution in [0.1, 0.15) is 0 Å². The maximum atomic E-state index is 11.1. The highest BCUT2D eigenvalue weighted by molar-refractivity contribution is 6.01. The molecule has 6 heteroatoms. The SMILES string of the molecule is CN(C)CCOCCN1C(=O)CNC1=O. The average Bonchev–Trinajstić information content (AvgIpc) is 2.47. The standard InChI is InChI=1S/C9H17N3O3/c1-11(2)3-5-15-6-4-12-8(13)7-10-9(12)14/h3-7H2,1-2H3,(H,10,14). The Hall–Kier alpha value is -1.14. The Morgan fingerprint density at radius 3 is 2.67 bits per heavy atom. The van der Waals surface area contributed by atoms with E-state index >= 15 is 0 Å². The number of amides is 3. The second-order valence-corrected chi connectivity index (χ2v) is 3.62. The normalized spacial score (nSPS) is 16.3. The third kappa shape index (κ3) is 3.85. The number of nitrogens with one attached hydrogen (secondary N) is 1. The molecule has 0 atom stereocenters. The van der Waals surface area contributed by atoms with E-state index in [9.17, 15) is 9.59 Å². The molecule has 86 valence electrons. The van der Waals surface area contributed by atoms with Crippen LogP contribution >= 0.6 is 0 Å². The molecule has 0 bridgehead atoms. The lowest BCUT2D eigenvalue weighted by atomic mass is 10.5. The minimum atomic E-state index is -0.323. The second kappa shape index (κ2) is 5.67. The Morgan fingerprint density at radius 2 is 2.13 bits per heavy atom. The Labute approximate surface area is 89.2 Å². The highest BCUT2D eigenvalue weighted by Crippen LogP contribution is 1.97. The van der Waals surface area contributed by atoms with Crippen LogP contribution in [0.2, 0.25) is 0 Å². The zero-order valence-electron chi connectivity index (χ0n) is 9.15. The summed E-state index contributed by atoms with van der Waals surface area (Å²) in [7, 11) is 3.92. The number of hydrogen-bond acceptors (Lipinski definition) is 4. The predicted molar refractivity (Wildman–Crippen MR) is 54.5 cm³/mol. The first-order valence-corrected chi connectivity index (χ1v) is 4.92. The molecule has 1 aliphatic heterocycles. The summed E-state index contributed by atoms with van der Waals surface area (Å²) in [5.74, 6) is -0.184. The predicted octanol–water partition coefficient (Wildman–Crippen LogP) is -0.884. The number of imide groups is 1. The quantitative estimate of drug-likeness (QED) is 0.461. The van der Waals surface area contributed by atoms with Crippen molar-refractivity contribution >= 4 is 11.9 Å². The maximum Gasteiger partial charge on any atom is 0.324 e. The fraction of sp³-hybridized carbons (Fsp3) is 0.778. The number of urea groups is 1. The molecule has 6 nitrogen and oxygen atoms in total. The van der Waals surface area contributed by atoms with Crippen molar-refractivity contribution in [1.82, 2.24) is 15.1 Å². The van der Waals surface area contributed by atoms with Crippen molar-refractivity contribution < 1.29 is 14.3 Å². The minimum Gasteiger partial charge on any atom is -0.378 e. The molecule has 1 saturated heterocycles. The number of hydrogen-bond donors (Lipinski definition) is 1. The van der Waals surface area contributed by atoms with Crippen LogP contribution in [-0.4, -0.2) is 68.7 Å². The average molecular weight is 215 g/mol. The third-order valence-electron chi connectivity index (χ3n) is 2.08. The third-order valence-corrected chi connectivity index (χ3v) is 2.08. The van der Waals surface area contributed by atoms with Gasteiger partial charge in [0, 0.05) is 6.54 Å². The Morgan fingerprint density at radius 1 is 1.40 bits per heavy atom. The van der Waals surface area contributed by atoms with Crippen molar-refractivity contribution in [2.24, 2.45) is 0 Å². The van der Waals surface area contributed by atoms with Gasteiger partial charge in [-0.3, -0.25) is 9.69 Å². The smallest absolute Gasteiger partial charge is 0.324 e. The molecule has 1 aliphatic rings. The number of carbonyl (C=O) groups is 2. The number of likely N-dealkylation sites (N-methyl/N-ethyl adjacent to an activating group) is 1. The number of carbonyl (C=O) groups excluding carboxylic acids is 2. The lowest BCUT2D eigenvalue weighted by Gasteiger charge is -2.13. The van der Waals surface area contributed by atoms with E-state index in [4.69, 9.17) is 4.74 Å². The first-order chi connectivity index (χ1) is 7.11. The van der Waals surface area contributed by atoms with Gasteiger partial charge in [0.15, 0.2) is 0 Å². The van der Waals surface area contributed by atoms with Gasteiger partial charge in [-0.2, -0.15) is 0 Å². The first kappa shape index (κ1) is 11.9. The molecule has 1 heterocycles. The van der Waals surface area contributed by atoms with Crippen LogP contribution in [0.3, 0.4) is 0 Å². The Balaban J connectivity index is 2.09. The van der Waals surface area contributed by atoms with Crippen molar-refractivity contribution in [2.45, 2.75) is 0 Å². The monoisotopic (exact) mass is 215 g/mol. The molecule has 1 N–H and O–H groups in total. The molecule has 0 radical (unpaired) electrons. The Kier molecular flexibility index (Phi) is 4.51. The van der Waals surface area contributed by atoms with E-state index in [0.29, 0.717) is 19.8 Å². The van der Waals surface area contributed by atoms with Gasteiger partial charge in [0.1, 0.15) is 0 Å². The molecule has 0 saturated carbocycles. The highest BCUT2D eigenvalue weighted by Gasteiger charge is 2.27. The summed E-state index contributed by atoms with van der Waals surface area (Å²) in [5, 5.41) is 2.45. The lowest BCUT2D eigenvalue weighted by molar-refractivity contribution is -0.125. The van der Waals surface area contributed by atoms with Gasteiger partial charge in [0.05, 0.1) is 26.3 Å². The fourth-order valence-corrected chi connectivity index (χ4v) is 1.19. The second-order valence-electron chi connectivity index (χ2n) is 3.62. The van der Waals surface area contributed by atoms with Crippen LogP contribution < -0.4 is 5.32 Å². The van der Waals surface area contributed by atoms with E-state index in [1.165, 1.54) is 4.90 Å². The fourth-order valence-electron chi connectivity index (χ4n) is 1.19. The van der Waals surface area contributed by atoms with Gasteiger partial charge in [-0.1, -0.05) is 0 Å². The topological polar surface area (TPSA) is 61.9 Å². The summed E-state index contributed by atoms with van der Waals surface area (Å²) < 4.78 is 5.29. The Bertz CT molecular complexity index is 227. The largest absolute Gasteiger partial charge is 0.378 e. The lowest BCUT2D eigenvalue weighted by Crippen LogP contribution is -2.34. The van der Waals surface area contributed by atoms with Crippen LogP contribution in [-0.2, 0) is 9.53 Å². The van der Waals surface area contributed by atoms with Crippen molar-refractivity contribution in [3.63, 3.8) is 0 Å². The number of rotatable bonds is 6. The zero-order valence-corrected chi connectivity index (χ0v) is 9.15. The van der Waals surface area contributed by atoms with E-state index in [2.05, 4.69) is 5.32 Å². The van der Waals surface area contributed by atoms with Crippen molar-refractivity contribution in [1.29, 1.82) is 0 Å². The van der Waals surface area contributed by atoms with Crippen LogP contribution in [0, 0.1) is 0 Å². The summed E-state index contributed by atoms with van der Waals surface area (Å²) >= 11 is 0. The molecule has 0 aromatic heterocycles. The molecule has 15 heavy (non-hydrogen) atoms. The summed E-state index contributed by atoms with van der Waals surface area (Å²) in [6, 6.07) is -0.323. The summed E-state index contributed by atoms with van der Waals surface area (Å²) in [6.45, 7) is 2.28. The van der Waals surface area contributed by atoms with E-state index in [1.807, 2.05) is 19.0 Å².